The molecule has 1 N–H and O–H groups in total. The lowest BCUT2D eigenvalue weighted by atomic mass is 10.0. The van der Waals surface area contributed by atoms with Crippen molar-refractivity contribution >= 4 is 17.4 Å². The van der Waals surface area contributed by atoms with E-state index in [1.807, 2.05) is 0 Å². The number of phenols is 1. The van der Waals surface area contributed by atoms with Crippen LogP contribution in [0.3, 0.4) is 0 Å². The highest BCUT2D eigenvalue weighted by Gasteiger charge is 2.35. The molecule has 0 saturated carbocycles. The van der Waals surface area contributed by atoms with Gasteiger partial charge in [0.25, 0.3) is 0 Å². The highest BCUT2D eigenvalue weighted by Crippen LogP contribution is 2.37. The first-order valence-electron chi connectivity index (χ1n) is 4.36. The van der Waals surface area contributed by atoms with Gasteiger partial charge in [-0.05, 0) is 12.1 Å². The topological polar surface area (TPSA) is 37.3 Å². The maximum Gasteiger partial charge on any atom is 0.419 e. The molecule has 0 spiro atoms. The fourth-order valence-electron chi connectivity index (χ4n) is 1.22. The minimum absolute atomic E-state index is 0.00544. The van der Waals surface area contributed by atoms with Crippen LogP contribution in [0.2, 0.25) is 0 Å². The normalized spacial score (nSPS) is 11.5. The van der Waals surface area contributed by atoms with Gasteiger partial charge < -0.3 is 5.11 Å². The SMILES string of the molecule is O=C(CCCl)c1cccc(C(F)(F)F)c1O. The van der Waals surface area contributed by atoms with Crippen molar-refractivity contribution < 1.29 is 23.1 Å². The maximum absolute atomic E-state index is 12.4. The van der Waals surface area contributed by atoms with Gasteiger partial charge in [0.05, 0.1) is 11.1 Å². The number of para-hydroxylation sites is 1. The molecule has 16 heavy (non-hydrogen) atoms. The number of benzene rings is 1. The van der Waals surface area contributed by atoms with Crippen molar-refractivity contribution in [1.82, 2.24) is 0 Å². The number of aromatic hydroxyl groups is 1. The number of halogens is 4. The van der Waals surface area contributed by atoms with Gasteiger partial charge in [0.2, 0.25) is 0 Å². The number of ketones is 1. The zero-order valence-electron chi connectivity index (χ0n) is 8.01. The molecule has 0 heterocycles. The van der Waals surface area contributed by atoms with Crippen LogP contribution in [0.25, 0.3) is 0 Å². The van der Waals surface area contributed by atoms with Gasteiger partial charge in [-0.25, -0.2) is 0 Å². The number of rotatable bonds is 3. The minimum atomic E-state index is -4.68. The Morgan fingerprint density at radius 2 is 2.00 bits per heavy atom. The van der Waals surface area contributed by atoms with E-state index in [1.165, 1.54) is 0 Å². The number of carbonyl (C=O) groups is 1. The van der Waals surface area contributed by atoms with Crippen LogP contribution in [0.1, 0.15) is 22.3 Å². The summed E-state index contributed by atoms with van der Waals surface area (Å²) in [6.45, 7) is 0. The van der Waals surface area contributed by atoms with Crippen LogP contribution in [0.4, 0.5) is 13.2 Å². The molecule has 2 nitrogen and oxygen atoms in total. The molecular weight excluding hydrogens is 245 g/mol. The Morgan fingerprint density at radius 1 is 1.38 bits per heavy atom. The number of phenolic OH excluding ortho intramolecular Hbond substituents is 1. The molecule has 0 unspecified atom stereocenters. The van der Waals surface area contributed by atoms with Gasteiger partial charge in [0.1, 0.15) is 5.75 Å². The van der Waals surface area contributed by atoms with Crippen molar-refractivity contribution in [3.63, 3.8) is 0 Å². The fourth-order valence-corrected chi connectivity index (χ4v) is 1.39. The molecule has 6 heteroatoms. The third kappa shape index (κ3) is 2.66. The predicted octanol–water partition coefficient (Wildman–Crippen LogP) is 3.22. The Labute approximate surface area is 94.6 Å². The number of carbonyl (C=O) groups excluding carboxylic acids is 1. The van der Waals surface area contributed by atoms with Crippen molar-refractivity contribution in [2.45, 2.75) is 12.6 Å². The van der Waals surface area contributed by atoms with Crippen LogP contribution in [-0.4, -0.2) is 16.8 Å². The minimum Gasteiger partial charge on any atom is -0.507 e. The zero-order valence-corrected chi connectivity index (χ0v) is 8.77. The number of Topliss-reactive ketones (excluding diaryl/α,β-unsaturated/α-hetero) is 1. The number of hydrogen-bond acceptors (Lipinski definition) is 2. The molecule has 0 fully saturated rings. The lowest BCUT2D eigenvalue weighted by Gasteiger charge is -2.11. The number of hydrogen-bond donors (Lipinski definition) is 1. The Hall–Kier alpha value is -1.23. The first-order valence-corrected chi connectivity index (χ1v) is 4.89. The third-order valence-electron chi connectivity index (χ3n) is 1.96. The molecule has 1 rings (SSSR count). The molecule has 0 radical (unpaired) electrons. The summed E-state index contributed by atoms with van der Waals surface area (Å²) in [5.74, 6) is -1.65. The van der Waals surface area contributed by atoms with Gasteiger partial charge in [0.15, 0.2) is 5.78 Å². The molecular formula is C10H8ClF3O2. The molecule has 0 aliphatic carbocycles. The average Bonchev–Trinajstić information content (AvgIpc) is 2.16. The summed E-state index contributed by atoms with van der Waals surface area (Å²) in [4.78, 5) is 11.3. The van der Waals surface area contributed by atoms with Crippen molar-refractivity contribution in [3.8, 4) is 5.75 Å². The van der Waals surface area contributed by atoms with E-state index >= 15 is 0 Å². The van der Waals surface area contributed by atoms with Crippen LogP contribution < -0.4 is 0 Å². The molecule has 0 aliphatic rings. The Kier molecular flexibility index (Phi) is 3.80. The van der Waals surface area contributed by atoms with E-state index in [1.54, 1.807) is 0 Å². The van der Waals surface area contributed by atoms with Gasteiger partial charge in [-0.2, -0.15) is 13.2 Å². The highest BCUT2D eigenvalue weighted by atomic mass is 35.5. The summed E-state index contributed by atoms with van der Waals surface area (Å²) in [5.41, 5.74) is -1.57. The standard InChI is InChI=1S/C10H8ClF3O2/c11-5-4-8(15)6-2-1-3-7(9(6)16)10(12,13)14/h1-3,16H,4-5H2. The van der Waals surface area contributed by atoms with E-state index in [-0.39, 0.29) is 17.9 Å². The number of alkyl halides is 4. The van der Waals surface area contributed by atoms with E-state index < -0.39 is 23.3 Å². The Balaban J connectivity index is 3.19. The van der Waals surface area contributed by atoms with Crippen molar-refractivity contribution in [2.75, 3.05) is 5.88 Å². The molecule has 0 bridgehead atoms. The van der Waals surface area contributed by atoms with E-state index in [9.17, 15) is 23.1 Å². The van der Waals surface area contributed by atoms with E-state index in [4.69, 9.17) is 11.6 Å². The monoisotopic (exact) mass is 252 g/mol. The van der Waals surface area contributed by atoms with Crippen LogP contribution in [0, 0.1) is 0 Å². The second-order valence-electron chi connectivity index (χ2n) is 3.06. The predicted molar refractivity (Wildman–Crippen MR) is 52.8 cm³/mol. The first-order chi connectivity index (χ1) is 7.38. The summed E-state index contributed by atoms with van der Waals surface area (Å²) in [6, 6.07) is 2.93. The molecule has 1 aromatic rings. The summed E-state index contributed by atoms with van der Waals surface area (Å²) in [7, 11) is 0. The molecule has 0 amide bonds. The summed E-state index contributed by atoms with van der Waals surface area (Å²) < 4.78 is 37.1. The lowest BCUT2D eigenvalue weighted by molar-refractivity contribution is -0.138. The largest absolute Gasteiger partial charge is 0.507 e. The summed E-state index contributed by atoms with van der Waals surface area (Å²) >= 11 is 5.30. The van der Waals surface area contributed by atoms with Crippen LogP contribution in [-0.2, 0) is 6.18 Å². The van der Waals surface area contributed by atoms with E-state index in [0.29, 0.717) is 6.07 Å². The average molecular weight is 253 g/mol. The zero-order chi connectivity index (χ0) is 12.3. The van der Waals surface area contributed by atoms with Crippen molar-refractivity contribution in [2.24, 2.45) is 0 Å². The van der Waals surface area contributed by atoms with Crippen molar-refractivity contribution in [1.29, 1.82) is 0 Å². The van der Waals surface area contributed by atoms with Gasteiger partial charge in [0, 0.05) is 12.3 Å². The molecule has 88 valence electrons. The van der Waals surface area contributed by atoms with Crippen LogP contribution in [0.5, 0.6) is 5.75 Å². The van der Waals surface area contributed by atoms with Crippen LogP contribution in [0.15, 0.2) is 18.2 Å². The second-order valence-corrected chi connectivity index (χ2v) is 3.44. The van der Waals surface area contributed by atoms with Gasteiger partial charge >= 0.3 is 6.18 Å². The van der Waals surface area contributed by atoms with Gasteiger partial charge in [-0.15, -0.1) is 11.6 Å². The molecule has 0 aliphatic heterocycles. The fraction of sp³-hybridized carbons (Fsp3) is 0.300. The maximum atomic E-state index is 12.4. The first kappa shape index (κ1) is 12.8. The Morgan fingerprint density at radius 3 is 2.50 bits per heavy atom. The highest BCUT2D eigenvalue weighted by molar-refractivity contribution is 6.19. The quantitative estimate of drug-likeness (QED) is 0.662. The third-order valence-corrected chi connectivity index (χ3v) is 2.15. The molecule has 1 aromatic carbocycles. The van der Waals surface area contributed by atoms with Gasteiger partial charge in [-0.1, -0.05) is 6.07 Å². The molecule has 0 atom stereocenters. The van der Waals surface area contributed by atoms with Crippen molar-refractivity contribution in [3.05, 3.63) is 29.3 Å². The summed E-state index contributed by atoms with van der Waals surface area (Å²) in [5, 5.41) is 9.34. The summed E-state index contributed by atoms with van der Waals surface area (Å²) in [6.07, 6.45) is -4.79. The van der Waals surface area contributed by atoms with Gasteiger partial charge in [-0.3, -0.25) is 4.79 Å². The van der Waals surface area contributed by atoms with E-state index in [2.05, 4.69) is 0 Å². The Bertz CT molecular complexity index is 402. The molecule has 0 saturated heterocycles. The second kappa shape index (κ2) is 4.74. The molecule has 0 aromatic heterocycles. The lowest BCUT2D eigenvalue weighted by Crippen LogP contribution is -2.08. The van der Waals surface area contributed by atoms with Crippen LogP contribution >= 0.6 is 11.6 Å². The van der Waals surface area contributed by atoms with E-state index in [0.717, 1.165) is 12.1 Å². The smallest absolute Gasteiger partial charge is 0.419 e.